The largest absolute Gasteiger partial charge is 0.394 e. The molecule has 0 saturated carbocycles. The van der Waals surface area contributed by atoms with E-state index in [0.717, 1.165) is 6.42 Å². The molecule has 0 spiro atoms. The Morgan fingerprint density at radius 2 is 2.37 bits per heavy atom. The van der Waals surface area contributed by atoms with Crippen molar-refractivity contribution in [2.45, 2.75) is 31.1 Å². The molecule has 0 aromatic heterocycles. The molecule has 1 saturated heterocycles. The van der Waals surface area contributed by atoms with Gasteiger partial charge in [0.2, 0.25) is 0 Å². The van der Waals surface area contributed by atoms with Crippen molar-refractivity contribution < 1.29 is 14.6 Å². The maximum absolute atomic E-state index is 9.23. The molecular formula is C15H19BO3. The van der Waals surface area contributed by atoms with Gasteiger partial charge in [0, 0.05) is 11.9 Å². The molecule has 3 nitrogen and oxygen atoms in total. The molecule has 1 aliphatic heterocycles. The van der Waals surface area contributed by atoms with Crippen molar-refractivity contribution in [2.24, 2.45) is 11.8 Å². The van der Waals surface area contributed by atoms with E-state index in [1.54, 1.807) is 0 Å². The van der Waals surface area contributed by atoms with Crippen molar-refractivity contribution in [1.82, 2.24) is 0 Å². The van der Waals surface area contributed by atoms with Gasteiger partial charge in [0.25, 0.3) is 0 Å². The Bertz CT molecular complexity index is 412. The normalized spacial score (nSPS) is 41.3. The highest BCUT2D eigenvalue weighted by molar-refractivity contribution is 6.11. The van der Waals surface area contributed by atoms with Crippen LogP contribution < -0.4 is 0 Å². The summed E-state index contributed by atoms with van der Waals surface area (Å²) in [6.45, 7) is 2.35. The van der Waals surface area contributed by atoms with Gasteiger partial charge in [-0.3, -0.25) is 0 Å². The number of terminal acetylenes is 1. The lowest BCUT2D eigenvalue weighted by Crippen LogP contribution is -2.34. The molecule has 1 heterocycles. The number of hydrogen-bond donors (Lipinski definition) is 1. The summed E-state index contributed by atoms with van der Waals surface area (Å²) in [5.74, 6) is 2.38. The average molecular weight is 258 g/mol. The fourth-order valence-electron chi connectivity index (χ4n) is 2.55. The predicted molar refractivity (Wildman–Crippen MR) is 74.6 cm³/mol. The van der Waals surface area contributed by atoms with Gasteiger partial charge in [-0.05, 0) is 13.3 Å². The fraction of sp³-hybridized carbons (Fsp3) is 0.600. The summed E-state index contributed by atoms with van der Waals surface area (Å²) in [5.41, 5.74) is -0.315. The minimum absolute atomic E-state index is 0.0849. The second kappa shape index (κ2) is 5.96. The van der Waals surface area contributed by atoms with Crippen LogP contribution >= 0.6 is 0 Å². The van der Waals surface area contributed by atoms with Crippen LogP contribution in [0.25, 0.3) is 0 Å². The Labute approximate surface area is 116 Å². The molecule has 0 bridgehead atoms. The van der Waals surface area contributed by atoms with Crippen LogP contribution in [-0.4, -0.2) is 43.9 Å². The summed E-state index contributed by atoms with van der Waals surface area (Å²) in [6.07, 6.45) is 14.0. The van der Waals surface area contributed by atoms with E-state index in [1.807, 2.05) is 25.2 Å². The molecule has 5 unspecified atom stereocenters. The van der Waals surface area contributed by atoms with E-state index in [9.17, 15) is 5.11 Å². The van der Waals surface area contributed by atoms with Crippen molar-refractivity contribution in [2.75, 3.05) is 13.2 Å². The first-order chi connectivity index (χ1) is 9.09. The predicted octanol–water partition coefficient (Wildman–Crippen LogP) is 1.03. The number of aliphatic hydroxyl groups excluding tert-OH is 1. The molecule has 4 heteroatoms. The van der Waals surface area contributed by atoms with Gasteiger partial charge in [-0.15, -0.1) is 12.3 Å². The van der Waals surface area contributed by atoms with Crippen LogP contribution in [0.2, 0.25) is 0 Å². The highest BCUT2D eigenvalue weighted by atomic mass is 16.5. The Morgan fingerprint density at radius 1 is 1.58 bits per heavy atom. The Kier molecular flexibility index (Phi) is 4.52. The van der Waals surface area contributed by atoms with Gasteiger partial charge in [0.15, 0.2) is 0 Å². The van der Waals surface area contributed by atoms with Crippen molar-refractivity contribution >= 4 is 7.85 Å². The van der Waals surface area contributed by atoms with Gasteiger partial charge in [-0.25, -0.2) is 0 Å². The van der Waals surface area contributed by atoms with Crippen LogP contribution in [0.3, 0.4) is 0 Å². The average Bonchev–Trinajstić information content (AvgIpc) is 2.73. The van der Waals surface area contributed by atoms with Crippen LogP contribution in [0.15, 0.2) is 24.3 Å². The first-order valence-electron chi connectivity index (χ1n) is 6.56. The lowest BCUT2D eigenvalue weighted by Gasteiger charge is -2.30. The van der Waals surface area contributed by atoms with Crippen molar-refractivity contribution in [3.63, 3.8) is 0 Å². The molecule has 5 atom stereocenters. The molecule has 2 rings (SSSR count). The van der Waals surface area contributed by atoms with Gasteiger partial charge in [0.05, 0.1) is 30.8 Å². The van der Waals surface area contributed by atoms with Gasteiger partial charge in [-0.2, -0.15) is 0 Å². The molecule has 2 radical (unpaired) electrons. The smallest absolute Gasteiger partial charge is 0.109 e. The number of allylic oxidation sites excluding steroid dienone is 2. The first kappa shape index (κ1) is 14.4. The summed E-state index contributed by atoms with van der Waals surface area (Å²) in [6, 6.07) is -0.482. The molecule has 0 aromatic carbocycles. The van der Waals surface area contributed by atoms with E-state index in [2.05, 4.69) is 12.0 Å². The number of aliphatic hydroxyl groups is 1. The van der Waals surface area contributed by atoms with Crippen molar-refractivity contribution in [3.05, 3.63) is 24.3 Å². The highest BCUT2D eigenvalue weighted by Crippen LogP contribution is 2.33. The van der Waals surface area contributed by atoms with Gasteiger partial charge >= 0.3 is 0 Å². The molecule has 0 amide bonds. The number of ether oxygens (including phenoxy) is 2. The topological polar surface area (TPSA) is 38.7 Å². The Morgan fingerprint density at radius 3 is 2.95 bits per heavy atom. The van der Waals surface area contributed by atoms with Crippen LogP contribution in [0.1, 0.15) is 13.3 Å². The zero-order valence-electron chi connectivity index (χ0n) is 11.2. The monoisotopic (exact) mass is 258 g/mol. The maximum atomic E-state index is 9.23. The second-order valence-corrected chi connectivity index (χ2v) is 5.29. The first-order valence-corrected chi connectivity index (χ1v) is 6.56. The highest BCUT2D eigenvalue weighted by Gasteiger charge is 2.41. The molecule has 2 aliphatic rings. The minimum Gasteiger partial charge on any atom is -0.394 e. The zero-order valence-corrected chi connectivity index (χ0v) is 11.2. The summed E-state index contributed by atoms with van der Waals surface area (Å²) in [4.78, 5) is 0. The lowest BCUT2D eigenvalue weighted by molar-refractivity contribution is -0.0220. The molecule has 1 N–H and O–H groups in total. The van der Waals surface area contributed by atoms with E-state index < -0.39 is 6.00 Å². The molecule has 19 heavy (non-hydrogen) atoms. The van der Waals surface area contributed by atoms with Gasteiger partial charge < -0.3 is 14.6 Å². The number of hydrogen-bond acceptors (Lipinski definition) is 3. The van der Waals surface area contributed by atoms with Crippen LogP contribution in [0.4, 0.5) is 0 Å². The molecule has 1 aliphatic carbocycles. The summed E-state index contributed by atoms with van der Waals surface area (Å²) < 4.78 is 11.4. The maximum Gasteiger partial charge on any atom is 0.109 e. The Balaban J connectivity index is 1.97. The SMILES string of the molecule is [B]C1OC(CO)C(C#C)C1COC1(C)C=CC=CC1. The van der Waals surface area contributed by atoms with Crippen LogP contribution in [0, 0.1) is 24.2 Å². The van der Waals surface area contributed by atoms with Crippen molar-refractivity contribution in [3.8, 4) is 12.3 Å². The second-order valence-electron chi connectivity index (χ2n) is 5.29. The van der Waals surface area contributed by atoms with E-state index in [-0.39, 0.29) is 30.1 Å². The quantitative estimate of drug-likeness (QED) is 0.604. The molecule has 1 fully saturated rings. The van der Waals surface area contributed by atoms with E-state index in [1.165, 1.54) is 0 Å². The van der Waals surface area contributed by atoms with Gasteiger partial charge in [0.1, 0.15) is 7.85 Å². The fourth-order valence-corrected chi connectivity index (χ4v) is 2.55. The summed E-state index contributed by atoms with van der Waals surface area (Å²) in [7, 11) is 5.93. The molecular weight excluding hydrogens is 239 g/mol. The third-order valence-corrected chi connectivity index (χ3v) is 3.81. The van der Waals surface area contributed by atoms with Crippen LogP contribution in [0.5, 0.6) is 0 Å². The van der Waals surface area contributed by atoms with Gasteiger partial charge in [-0.1, -0.05) is 24.3 Å². The third kappa shape index (κ3) is 3.12. The lowest BCUT2D eigenvalue weighted by atomic mass is 9.80. The summed E-state index contributed by atoms with van der Waals surface area (Å²) >= 11 is 0. The Hall–Kier alpha value is -1.02. The van der Waals surface area contributed by atoms with Crippen LogP contribution in [-0.2, 0) is 9.47 Å². The zero-order chi connectivity index (χ0) is 13.9. The van der Waals surface area contributed by atoms with E-state index in [0.29, 0.717) is 6.61 Å². The molecule has 100 valence electrons. The van der Waals surface area contributed by atoms with E-state index >= 15 is 0 Å². The van der Waals surface area contributed by atoms with E-state index in [4.69, 9.17) is 23.7 Å². The van der Waals surface area contributed by atoms with Crippen molar-refractivity contribution in [1.29, 1.82) is 0 Å². The molecule has 0 aromatic rings. The standard InChI is InChI=1S/C15H19BO3/c1-3-11-12(14(16)19-13(11)9-17)10-18-15(2)7-5-4-6-8-15/h1,4-7,11-14,17H,8-10H2,2H3. The third-order valence-electron chi connectivity index (χ3n) is 3.81. The summed E-state index contributed by atoms with van der Waals surface area (Å²) in [5, 5.41) is 9.23. The minimum atomic E-state index is -0.482. The number of rotatable bonds is 4.